The van der Waals surface area contributed by atoms with Crippen molar-refractivity contribution >= 4 is 33.2 Å². The summed E-state index contributed by atoms with van der Waals surface area (Å²) in [6.45, 7) is 2.38. The Morgan fingerprint density at radius 2 is 1.70 bits per heavy atom. The molecule has 1 atom stereocenters. The van der Waals surface area contributed by atoms with Crippen LogP contribution < -0.4 is 10.0 Å². The number of piperidine rings is 1. The summed E-state index contributed by atoms with van der Waals surface area (Å²) in [7, 11) is -3.36. The van der Waals surface area contributed by atoms with Gasteiger partial charge >= 0.3 is 0 Å². The summed E-state index contributed by atoms with van der Waals surface area (Å²) in [5, 5.41) is 2.82. The minimum atomic E-state index is -3.36. The third kappa shape index (κ3) is 5.56. The number of rotatable bonds is 6. The van der Waals surface area contributed by atoms with Gasteiger partial charge in [-0.15, -0.1) is 0 Å². The van der Waals surface area contributed by atoms with E-state index < -0.39 is 15.8 Å². The Labute approximate surface area is 175 Å². The van der Waals surface area contributed by atoms with E-state index in [0.717, 1.165) is 0 Å². The van der Waals surface area contributed by atoms with Crippen LogP contribution in [0.15, 0.2) is 48.5 Å². The molecule has 1 fully saturated rings. The van der Waals surface area contributed by atoms with Crippen LogP contribution in [0, 0.1) is 11.7 Å². The predicted octanol–water partition coefficient (Wildman–Crippen LogP) is 3.08. The number of nitrogens with zero attached hydrogens (tertiary/aromatic N) is 1. The molecule has 1 aliphatic heterocycles. The number of benzene rings is 2. The highest BCUT2D eigenvalue weighted by Crippen LogP contribution is 2.22. The van der Waals surface area contributed by atoms with Crippen molar-refractivity contribution in [2.24, 2.45) is 5.92 Å². The maximum absolute atomic E-state index is 13.1. The molecule has 0 aromatic heterocycles. The third-order valence-electron chi connectivity index (χ3n) is 4.98. The Hall–Kier alpha value is -2.94. The number of hydrogen-bond acceptors (Lipinski definition) is 4. The van der Waals surface area contributed by atoms with Gasteiger partial charge in [-0.3, -0.25) is 14.3 Å². The monoisotopic (exact) mass is 433 g/mol. The van der Waals surface area contributed by atoms with Gasteiger partial charge in [0.15, 0.2) is 0 Å². The van der Waals surface area contributed by atoms with Gasteiger partial charge in [-0.25, -0.2) is 12.8 Å². The van der Waals surface area contributed by atoms with Gasteiger partial charge in [0.2, 0.25) is 15.9 Å². The standard InChI is InChI=1S/C21H24FN3O4S/c1-2-30(28,29)24-19-11-9-18(10-12-19)23-20(26)16-4-3-13-25(14-16)21(27)15-5-7-17(22)8-6-15/h5-12,16,24H,2-4,13-14H2,1H3,(H,23,26). The van der Waals surface area contributed by atoms with E-state index in [1.807, 2.05) is 0 Å². The molecule has 1 aliphatic rings. The molecule has 1 saturated heterocycles. The molecule has 2 N–H and O–H groups in total. The quantitative estimate of drug-likeness (QED) is 0.732. The van der Waals surface area contributed by atoms with E-state index in [0.29, 0.717) is 36.3 Å². The topological polar surface area (TPSA) is 95.6 Å². The van der Waals surface area contributed by atoms with Gasteiger partial charge in [0.05, 0.1) is 11.7 Å². The number of anilines is 2. The highest BCUT2D eigenvalue weighted by molar-refractivity contribution is 7.92. The molecule has 0 spiro atoms. The number of hydrogen-bond donors (Lipinski definition) is 2. The Morgan fingerprint density at radius 3 is 2.33 bits per heavy atom. The first-order valence-electron chi connectivity index (χ1n) is 9.73. The van der Waals surface area contributed by atoms with Crippen LogP contribution >= 0.6 is 0 Å². The Morgan fingerprint density at radius 1 is 1.07 bits per heavy atom. The van der Waals surface area contributed by atoms with E-state index in [-0.39, 0.29) is 30.0 Å². The molecule has 160 valence electrons. The molecule has 1 unspecified atom stereocenters. The Balaban J connectivity index is 1.60. The van der Waals surface area contributed by atoms with Crippen molar-refractivity contribution in [3.8, 4) is 0 Å². The summed E-state index contributed by atoms with van der Waals surface area (Å²) in [6.07, 6.45) is 1.36. The number of sulfonamides is 1. The summed E-state index contributed by atoms with van der Waals surface area (Å²) in [5.41, 5.74) is 1.35. The average molecular weight is 434 g/mol. The number of likely N-dealkylation sites (tertiary alicyclic amines) is 1. The van der Waals surface area contributed by atoms with Crippen LogP contribution in [-0.2, 0) is 14.8 Å². The maximum Gasteiger partial charge on any atom is 0.253 e. The second-order valence-corrected chi connectivity index (χ2v) is 9.18. The number of nitrogens with one attached hydrogen (secondary N) is 2. The second kappa shape index (κ2) is 9.25. The van der Waals surface area contributed by atoms with E-state index in [2.05, 4.69) is 10.0 Å². The van der Waals surface area contributed by atoms with E-state index >= 15 is 0 Å². The van der Waals surface area contributed by atoms with E-state index in [9.17, 15) is 22.4 Å². The van der Waals surface area contributed by atoms with Crippen molar-refractivity contribution in [1.29, 1.82) is 0 Å². The molecule has 0 bridgehead atoms. The van der Waals surface area contributed by atoms with Crippen molar-refractivity contribution in [1.82, 2.24) is 4.90 Å². The predicted molar refractivity (Wildman–Crippen MR) is 113 cm³/mol. The molecule has 7 nitrogen and oxygen atoms in total. The van der Waals surface area contributed by atoms with Crippen LogP contribution in [0.1, 0.15) is 30.1 Å². The average Bonchev–Trinajstić information content (AvgIpc) is 2.75. The van der Waals surface area contributed by atoms with Gasteiger partial charge in [0.1, 0.15) is 5.82 Å². The smallest absolute Gasteiger partial charge is 0.253 e. The zero-order chi connectivity index (χ0) is 21.7. The van der Waals surface area contributed by atoms with Gasteiger partial charge in [-0.2, -0.15) is 0 Å². The molecule has 0 radical (unpaired) electrons. The van der Waals surface area contributed by atoms with Crippen LogP contribution in [0.3, 0.4) is 0 Å². The molecule has 0 saturated carbocycles. The number of halogens is 1. The normalized spacial score (nSPS) is 16.7. The molecule has 2 amide bonds. The van der Waals surface area contributed by atoms with Crippen LogP contribution in [0.5, 0.6) is 0 Å². The molecule has 30 heavy (non-hydrogen) atoms. The summed E-state index contributed by atoms with van der Waals surface area (Å²) < 4.78 is 38.7. The van der Waals surface area contributed by atoms with Gasteiger partial charge in [0, 0.05) is 30.0 Å². The number of carbonyl (C=O) groups is 2. The number of amides is 2. The maximum atomic E-state index is 13.1. The van der Waals surface area contributed by atoms with Crippen LogP contribution in [0.4, 0.5) is 15.8 Å². The van der Waals surface area contributed by atoms with Crippen molar-refractivity contribution in [2.75, 3.05) is 28.9 Å². The lowest BCUT2D eigenvalue weighted by atomic mass is 9.96. The van der Waals surface area contributed by atoms with E-state index in [1.165, 1.54) is 24.3 Å². The molecule has 9 heteroatoms. The molecule has 3 rings (SSSR count). The minimum Gasteiger partial charge on any atom is -0.338 e. The molecular formula is C21H24FN3O4S. The fourth-order valence-corrected chi connectivity index (χ4v) is 3.91. The van der Waals surface area contributed by atoms with Gasteiger partial charge in [-0.1, -0.05) is 0 Å². The molecular weight excluding hydrogens is 409 g/mol. The van der Waals surface area contributed by atoms with Crippen molar-refractivity contribution in [2.45, 2.75) is 19.8 Å². The Kier molecular flexibility index (Phi) is 6.71. The highest BCUT2D eigenvalue weighted by atomic mass is 32.2. The van der Waals surface area contributed by atoms with Gasteiger partial charge in [0.25, 0.3) is 5.91 Å². The zero-order valence-electron chi connectivity index (χ0n) is 16.6. The summed E-state index contributed by atoms with van der Waals surface area (Å²) >= 11 is 0. The van der Waals surface area contributed by atoms with Crippen LogP contribution in [0.2, 0.25) is 0 Å². The number of carbonyl (C=O) groups excluding carboxylic acids is 2. The lowest BCUT2D eigenvalue weighted by Gasteiger charge is -2.32. The highest BCUT2D eigenvalue weighted by Gasteiger charge is 2.29. The summed E-state index contributed by atoms with van der Waals surface area (Å²) in [4.78, 5) is 26.9. The van der Waals surface area contributed by atoms with Crippen LogP contribution in [0.25, 0.3) is 0 Å². The fourth-order valence-electron chi connectivity index (χ4n) is 3.27. The largest absolute Gasteiger partial charge is 0.338 e. The third-order valence-corrected chi connectivity index (χ3v) is 6.28. The Bertz CT molecular complexity index is 1010. The van der Waals surface area contributed by atoms with Crippen molar-refractivity contribution < 1.29 is 22.4 Å². The van der Waals surface area contributed by atoms with Crippen LogP contribution in [-0.4, -0.2) is 44.0 Å². The molecule has 0 aliphatic carbocycles. The van der Waals surface area contributed by atoms with Crippen molar-refractivity contribution in [3.63, 3.8) is 0 Å². The van der Waals surface area contributed by atoms with E-state index in [4.69, 9.17) is 0 Å². The molecule has 1 heterocycles. The minimum absolute atomic E-state index is 0.0275. The van der Waals surface area contributed by atoms with Gasteiger partial charge < -0.3 is 10.2 Å². The summed E-state index contributed by atoms with van der Waals surface area (Å²) in [6, 6.07) is 11.8. The van der Waals surface area contributed by atoms with Gasteiger partial charge in [-0.05, 0) is 68.3 Å². The first-order valence-corrected chi connectivity index (χ1v) is 11.4. The SMILES string of the molecule is CCS(=O)(=O)Nc1ccc(NC(=O)C2CCCN(C(=O)c3ccc(F)cc3)C2)cc1. The summed E-state index contributed by atoms with van der Waals surface area (Å²) in [5.74, 6) is -1.22. The lowest BCUT2D eigenvalue weighted by molar-refractivity contribution is -0.121. The fraction of sp³-hybridized carbons (Fsp3) is 0.333. The van der Waals surface area contributed by atoms with E-state index in [1.54, 1.807) is 36.1 Å². The first-order chi connectivity index (χ1) is 14.3. The van der Waals surface area contributed by atoms with Crippen molar-refractivity contribution in [3.05, 3.63) is 59.9 Å². The molecule has 2 aromatic carbocycles. The lowest BCUT2D eigenvalue weighted by Crippen LogP contribution is -2.43. The second-order valence-electron chi connectivity index (χ2n) is 7.17. The molecule has 2 aromatic rings. The zero-order valence-corrected chi connectivity index (χ0v) is 17.4. The first kappa shape index (κ1) is 21.8.